The van der Waals surface area contributed by atoms with E-state index in [2.05, 4.69) is 55.6 Å². The van der Waals surface area contributed by atoms with E-state index >= 15 is 0 Å². The van der Waals surface area contributed by atoms with E-state index in [9.17, 15) is 4.79 Å². The largest absolute Gasteiger partial charge is 0.494 e. The van der Waals surface area contributed by atoms with Crippen LogP contribution in [-0.4, -0.2) is 23.5 Å². The number of amides is 1. The van der Waals surface area contributed by atoms with Crippen molar-refractivity contribution in [3.8, 4) is 5.75 Å². The van der Waals surface area contributed by atoms with E-state index in [1.807, 2.05) is 47.4 Å². The lowest BCUT2D eigenvalue weighted by Gasteiger charge is -2.41. The van der Waals surface area contributed by atoms with Crippen LogP contribution >= 0.6 is 0 Å². The van der Waals surface area contributed by atoms with Crippen LogP contribution in [0.4, 0.5) is 5.69 Å². The Labute approximate surface area is 184 Å². The summed E-state index contributed by atoms with van der Waals surface area (Å²) >= 11 is 0. The van der Waals surface area contributed by atoms with Gasteiger partial charge in [0.1, 0.15) is 11.9 Å². The number of nitrogens with one attached hydrogen (secondary N) is 1. The molecule has 0 aromatic heterocycles. The molecule has 160 valence electrons. The molecule has 0 radical (unpaired) electrons. The monoisotopic (exact) mass is 414 g/mol. The normalized spacial score (nSPS) is 16.4. The van der Waals surface area contributed by atoms with Crippen LogP contribution in [0.5, 0.6) is 5.75 Å². The van der Waals surface area contributed by atoms with Crippen molar-refractivity contribution in [1.82, 2.24) is 4.90 Å². The first-order chi connectivity index (χ1) is 15.2. The standard InChI is InChI=1S/C27H30N2O2/c1-3-20(2)29-26(28-25-14-8-7-13-24(25)27(29)30)22-15-17-23(18-16-22)31-19-9-12-21-10-5-4-6-11-21/h4-8,10-11,13-18,20,26,28H,3,9,12,19H2,1-2H3. The number of carbonyl (C=O) groups excluding carboxylic acids is 1. The van der Waals surface area contributed by atoms with Gasteiger partial charge >= 0.3 is 0 Å². The molecule has 0 saturated carbocycles. The molecule has 3 aromatic rings. The summed E-state index contributed by atoms with van der Waals surface area (Å²) in [7, 11) is 0. The van der Waals surface area contributed by atoms with Crippen molar-refractivity contribution in [2.75, 3.05) is 11.9 Å². The van der Waals surface area contributed by atoms with Crippen LogP contribution in [0.1, 0.15) is 54.3 Å². The van der Waals surface area contributed by atoms with Crippen LogP contribution < -0.4 is 10.1 Å². The Morgan fingerprint density at radius 2 is 1.68 bits per heavy atom. The average molecular weight is 415 g/mol. The van der Waals surface area contributed by atoms with Crippen LogP contribution in [0.25, 0.3) is 0 Å². The Bertz CT molecular complexity index is 1000. The van der Waals surface area contributed by atoms with Gasteiger partial charge in [0.05, 0.1) is 12.2 Å². The molecule has 0 aliphatic carbocycles. The molecule has 1 aliphatic rings. The third-order valence-corrected chi connectivity index (χ3v) is 5.95. The lowest BCUT2D eigenvalue weighted by Crippen LogP contribution is -2.47. The molecule has 0 spiro atoms. The molecule has 4 heteroatoms. The van der Waals surface area contributed by atoms with Crippen LogP contribution in [-0.2, 0) is 6.42 Å². The van der Waals surface area contributed by atoms with Crippen molar-refractivity contribution < 1.29 is 9.53 Å². The van der Waals surface area contributed by atoms with E-state index in [1.165, 1.54) is 5.56 Å². The summed E-state index contributed by atoms with van der Waals surface area (Å²) in [6.07, 6.45) is 2.69. The highest BCUT2D eigenvalue weighted by Gasteiger charge is 2.35. The topological polar surface area (TPSA) is 41.6 Å². The lowest BCUT2D eigenvalue weighted by molar-refractivity contribution is 0.0593. The van der Waals surface area contributed by atoms with Gasteiger partial charge in [0.15, 0.2) is 0 Å². The molecule has 31 heavy (non-hydrogen) atoms. The van der Waals surface area contributed by atoms with Gasteiger partial charge in [0, 0.05) is 11.7 Å². The number of rotatable bonds is 8. The van der Waals surface area contributed by atoms with Crippen LogP contribution in [0, 0.1) is 0 Å². The second kappa shape index (κ2) is 9.69. The van der Waals surface area contributed by atoms with Gasteiger partial charge in [-0.15, -0.1) is 0 Å². The summed E-state index contributed by atoms with van der Waals surface area (Å²) < 4.78 is 5.94. The summed E-state index contributed by atoms with van der Waals surface area (Å²) in [5.74, 6) is 0.935. The Hall–Kier alpha value is -3.27. The number of benzene rings is 3. The molecule has 4 rings (SSSR count). The van der Waals surface area contributed by atoms with Crippen LogP contribution in [0.2, 0.25) is 0 Å². The van der Waals surface area contributed by atoms with Gasteiger partial charge in [-0.25, -0.2) is 0 Å². The highest BCUT2D eigenvalue weighted by Crippen LogP contribution is 2.35. The molecular formula is C27H30N2O2. The van der Waals surface area contributed by atoms with Gasteiger partial charge in [-0.2, -0.15) is 0 Å². The van der Waals surface area contributed by atoms with Gasteiger partial charge in [0.2, 0.25) is 0 Å². The fraction of sp³-hybridized carbons (Fsp3) is 0.296. The maximum Gasteiger partial charge on any atom is 0.258 e. The second-order valence-electron chi connectivity index (χ2n) is 8.07. The molecule has 1 amide bonds. The highest BCUT2D eigenvalue weighted by molar-refractivity contribution is 6.01. The number of nitrogens with zero attached hydrogens (tertiary/aromatic N) is 1. The fourth-order valence-electron chi connectivity index (χ4n) is 4.02. The van der Waals surface area contributed by atoms with Gasteiger partial charge in [0.25, 0.3) is 5.91 Å². The fourth-order valence-corrected chi connectivity index (χ4v) is 4.02. The van der Waals surface area contributed by atoms with Crippen LogP contribution in [0.15, 0.2) is 78.9 Å². The lowest BCUT2D eigenvalue weighted by atomic mass is 10.0. The average Bonchev–Trinajstić information content (AvgIpc) is 2.82. The third-order valence-electron chi connectivity index (χ3n) is 5.95. The first-order valence-electron chi connectivity index (χ1n) is 11.1. The van der Waals surface area contributed by atoms with Crippen molar-refractivity contribution in [2.45, 2.75) is 45.3 Å². The number of fused-ring (bicyclic) bond motifs is 1. The predicted octanol–water partition coefficient (Wildman–Crippen LogP) is 6.06. The summed E-state index contributed by atoms with van der Waals surface area (Å²) in [5.41, 5.74) is 4.01. The van der Waals surface area contributed by atoms with E-state index in [-0.39, 0.29) is 18.1 Å². The minimum Gasteiger partial charge on any atom is -0.494 e. The van der Waals surface area contributed by atoms with Crippen molar-refractivity contribution in [2.24, 2.45) is 0 Å². The van der Waals surface area contributed by atoms with E-state index in [1.54, 1.807) is 0 Å². The SMILES string of the molecule is CCC(C)N1C(=O)c2ccccc2NC1c1ccc(OCCCc2ccccc2)cc1. The number of ether oxygens (including phenoxy) is 1. The summed E-state index contributed by atoms with van der Waals surface area (Å²) in [4.78, 5) is 15.2. The Kier molecular flexibility index (Phi) is 6.56. The quantitative estimate of drug-likeness (QED) is 0.455. The minimum absolute atomic E-state index is 0.0786. The van der Waals surface area contributed by atoms with Gasteiger partial charge < -0.3 is 15.0 Å². The number of anilines is 1. The molecule has 4 nitrogen and oxygen atoms in total. The van der Waals surface area contributed by atoms with E-state index < -0.39 is 0 Å². The van der Waals surface area contributed by atoms with E-state index in [0.29, 0.717) is 6.61 Å². The van der Waals surface area contributed by atoms with Crippen molar-refractivity contribution in [3.63, 3.8) is 0 Å². The van der Waals surface area contributed by atoms with Crippen molar-refractivity contribution in [3.05, 3.63) is 95.6 Å². The van der Waals surface area contributed by atoms with Crippen LogP contribution in [0.3, 0.4) is 0 Å². The molecular weight excluding hydrogens is 384 g/mol. The minimum atomic E-state index is -0.190. The molecule has 0 saturated heterocycles. The molecule has 2 unspecified atom stereocenters. The van der Waals surface area contributed by atoms with E-state index in [0.717, 1.165) is 41.8 Å². The number of para-hydroxylation sites is 1. The molecule has 1 N–H and O–H groups in total. The first kappa shape index (κ1) is 21.0. The Balaban J connectivity index is 1.43. The molecule has 3 aromatic carbocycles. The Morgan fingerprint density at radius 3 is 2.42 bits per heavy atom. The smallest absolute Gasteiger partial charge is 0.258 e. The molecule has 0 bridgehead atoms. The zero-order valence-electron chi connectivity index (χ0n) is 18.3. The van der Waals surface area contributed by atoms with Crippen molar-refractivity contribution >= 4 is 11.6 Å². The third kappa shape index (κ3) is 4.74. The number of hydrogen-bond acceptors (Lipinski definition) is 3. The predicted molar refractivity (Wildman–Crippen MR) is 125 cm³/mol. The van der Waals surface area contributed by atoms with Crippen molar-refractivity contribution in [1.29, 1.82) is 0 Å². The van der Waals surface area contributed by atoms with Gasteiger partial charge in [-0.1, -0.05) is 61.5 Å². The maximum absolute atomic E-state index is 13.2. The van der Waals surface area contributed by atoms with Gasteiger partial charge in [-0.3, -0.25) is 4.79 Å². The number of hydrogen-bond donors (Lipinski definition) is 1. The number of aryl methyl sites for hydroxylation is 1. The Morgan fingerprint density at radius 1 is 0.968 bits per heavy atom. The zero-order chi connectivity index (χ0) is 21.6. The number of carbonyl (C=O) groups is 1. The maximum atomic E-state index is 13.2. The highest BCUT2D eigenvalue weighted by atomic mass is 16.5. The summed E-state index contributed by atoms with van der Waals surface area (Å²) in [6.45, 7) is 4.90. The molecule has 2 atom stereocenters. The summed E-state index contributed by atoms with van der Waals surface area (Å²) in [6, 6.07) is 26.5. The van der Waals surface area contributed by atoms with E-state index in [4.69, 9.17) is 4.74 Å². The van der Waals surface area contributed by atoms with Gasteiger partial charge in [-0.05, 0) is 61.6 Å². The molecule has 1 aliphatic heterocycles. The zero-order valence-corrected chi connectivity index (χ0v) is 18.3. The first-order valence-corrected chi connectivity index (χ1v) is 11.1. The second-order valence-corrected chi connectivity index (χ2v) is 8.07. The summed E-state index contributed by atoms with van der Waals surface area (Å²) in [5, 5.41) is 3.56. The molecule has 0 fully saturated rings. The molecule has 1 heterocycles.